The highest BCUT2D eigenvalue weighted by atomic mass is 35.5. The summed E-state index contributed by atoms with van der Waals surface area (Å²) < 4.78 is 5.37. The average Bonchev–Trinajstić information content (AvgIpc) is 2.75. The minimum Gasteiger partial charge on any atom is -0.444 e. The Balaban J connectivity index is 2.28. The molecular weight excluding hydrogens is 270 g/mol. The molecule has 0 amide bonds. The summed E-state index contributed by atoms with van der Waals surface area (Å²) in [5.74, 6) is 1.15. The minimum absolute atomic E-state index is 0.0887. The van der Waals surface area contributed by atoms with Crippen LogP contribution >= 0.6 is 11.6 Å². The molecule has 6 nitrogen and oxygen atoms in total. The van der Waals surface area contributed by atoms with E-state index in [1.807, 2.05) is 0 Å². The number of nitrogens with one attached hydrogen (secondary N) is 1. The van der Waals surface area contributed by atoms with Crippen molar-refractivity contribution in [3.05, 3.63) is 51.2 Å². The quantitative estimate of drug-likeness (QED) is 0.682. The molecule has 7 heteroatoms. The molecule has 1 atom stereocenters. The number of rotatable bonds is 4. The van der Waals surface area contributed by atoms with Gasteiger partial charge in [-0.25, -0.2) is 4.98 Å². The number of nitrogens with zero attached hydrogens (tertiary/aromatic N) is 2. The Morgan fingerprint density at radius 3 is 2.84 bits per heavy atom. The first-order valence-corrected chi connectivity index (χ1v) is 5.98. The van der Waals surface area contributed by atoms with Crippen LogP contribution in [0.3, 0.4) is 0 Å². The zero-order chi connectivity index (χ0) is 14.0. The van der Waals surface area contributed by atoms with Crippen LogP contribution in [0.25, 0.3) is 0 Å². The fraction of sp³-hybridized carbons (Fsp3) is 0.250. The number of oxazole rings is 1. The maximum atomic E-state index is 11.0. The van der Waals surface area contributed by atoms with Crippen LogP contribution in [0, 0.1) is 17.0 Å². The van der Waals surface area contributed by atoms with Crippen molar-refractivity contribution in [3.8, 4) is 0 Å². The molecule has 2 rings (SSSR count). The van der Waals surface area contributed by atoms with E-state index < -0.39 is 4.92 Å². The van der Waals surface area contributed by atoms with Crippen LogP contribution in [0.5, 0.6) is 0 Å². The van der Waals surface area contributed by atoms with E-state index in [2.05, 4.69) is 10.3 Å². The van der Waals surface area contributed by atoms with Crippen LogP contribution in [-0.4, -0.2) is 9.91 Å². The van der Waals surface area contributed by atoms with E-state index in [0.717, 1.165) is 0 Å². The second kappa shape index (κ2) is 5.27. The number of benzene rings is 1. The van der Waals surface area contributed by atoms with Gasteiger partial charge in [0.15, 0.2) is 0 Å². The van der Waals surface area contributed by atoms with Crippen LogP contribution in [0.1, 0.15) is 24.6 Å². The Bertz CT molecular complexity index is 612. The van der Waals surface area contributed by atoms with Gasteiger partial charge in [-0.2, -0.15) is 0 Å². The zero-order valence-corrected chi connectivity index (χ0v) is 11.1. The first kappa shape index (κ1) is 13.4. The van der Waals surface area contributed by atoms with Crippen molar-refractivity contribution in [1.82, 2.24) is 4.98 Å². The summed E-state index contributed by atoms with van der Waals surface area (Å²) in [5.41, 5.74) is 0.181. The highest BCUT2D eigenvalue weighted by Crippen LogP contribution is 2.34. The molecule has 1 aromatic carbocycles. The Kier molecular flexibility index (Phi) is 3.71. The van der Waals surface area contributed by atoms with Crippen LogP contribution in [0.2, 0.25) is 5.02 Å². The lowest BCUT2D eigenvalue weighted by Crippen LogP contribution is -2.08. The monoisotopic (exact) mass is 281 g/mol. The highest BCUT2D eigenvalue weighted by Gasteiger charge is 2.21. The molecule has 100 valence electrons. The largest absolute Gasteiger partial charge is 0.444 e. The number of anilines is 1. The van der Waals surface area contributed by atoms with Gasteiger partial charge in [0.2, 0.25) is 5.89 Å². The molecule has 2 aromatic rings. The Labute approximate surface area is 114 Å². The Morgan fingerprint density at radius 2 is 2.26 bits per heavy atom. The van der Waals surface area contributed by atoms with Crippen LogP contribution in [0.15, 0.2) is 28.8 Å². The van der Waals surface area contributed by atoms with Gasteiger partial charge in [-0.1, -0.05) is 17.7 Å². The molecule has 0 fully saturated rings. The maximum Gasteiger partial charge on any atom is 0.310 e. The lowest BCUT2D eigenvalue weighted by molar-refractivity contribution is -0.383. The van der Waals surface area contributed by atoms with Gasteiger partial charge in [0.05, 0.1) is 11.1 Å². The summed E-state index contributed by atoms with van der Waals surface area (Å²) in [6.07, 6.45) is 1.60. The summed E-state index contributed by atoms with van der Waals surface area (Å²) >= 11 is 5.84. The van der Waals surface area contributed by atoms with Crippen molar-refractivity contribution in [2.24, 2.45) is 0 Å². The molecule has 0 spiro atoms. The van der Waals surface area contributed by atoms with Crippen LogP contribution < -0.4 is 5.32 Å². The van der Waals surface area contributed by atoms with E-state index >= 15 is 0 Å². The van der Waals surface area contributed by atoms with E-state index in [1.165, 1.54) is 6.07 Å². The zero-order valence-electron chi connectivity index (χ0n) is 10.4. The summed E-state index contributed by atoms with van der Waals surface area (Å²) in [7, 11) is 0. The molecule has 1 N–H and O–H groups in total. The molecule has 1 heterocycles. The lowest BCUT2D eigenvalue weighted by Gasteiger charge is -2.12. The predicted octanol–water partition coefficient (Wildman–Crippen LogP) is 3.72. The van der Waals surface area contributed by atoms with E-state index in [0.29, 0.717) is 17.3 Å². The number of halogens is 1. The molecule has 0 saturated carbocycles. The molecule has 0 aliphatic heterocycles. The molecule has 0 aliphatic rings. The average molecular weight is 282 g/mol. The van der Waals surface area contributed by atoms with Gasteiger partial charge in [-0.3, -0.25) is 10.1 Å². The molecule has 0 radical (unpaired) electrons. The highest BCUT2D eigenvalue weighted by molar-refractivity contribution is 6.33. The van der Waals surface area contributed by atoms with Crippen molar-refractivity contribution in [2.75, 3.05) is 5.32 Å². The van der Waals surface area contributed by atoms with Crippen molar-refractivity contribution < 1.29 is 9.34 Å². The van der Waals surface area contributed by atoms with Gasteiger partial charge in [0, 0.05) is 0 Å². The van der Waals surface area contributed by atoms with E-state index in [-0.39, 0.29) is 16.8 Å². The third kappa shape index (κ3) is 2.85. The molecule has 1 unspecified atom stereocenters. The van der Waals surface area contributed by atoms with Crippen molar-refractivity contribution in [1.29, 1.82) is 0 Å². The maximum absolute atomic E-state index is 11.0. The molecule has 0 aliphatic carbocycles. The summed E-state index contributed by atoms with van der Waals surface area (Å²) in [4.78, 5) is 14.6. The number of aryl methyl sites for hydroxylation is 1. The van der Waals surface area contributed by atoms with E-state index in [1.54, 1.807) is 32.2 Å². The number of nitro benzene ring substituents is 1. The topological polar surface area (TPSA) is 81.2 Å². The summed E-state index contributed by atoms with van der Waals surface area (Å²) in [5, 5.41) is 14.1. The SMILES string of the molecule is Cc1cnc(C(C)Nc2cccc(Cl)c2[N+](=O)[O-])o1. The molecule has 0 saturated heterocycles. The van der Waals surface area contributed by atoms with Gasteiger partial charge in [0.25, 0.3) is 0 Å². The fourth-order valence-electron chi connectivity index (χ4n) is 1.68. The minimum atomic E-state index is -0.516. The second-order valence-electron chi connectivity index (χ2n) is 4.07. The number of aromatic nitrogens is 1. The number of hydrogen-bond acceptors (Lipinski definition) is 5. The third-order valence-electron chi connectivity index (χ3n) is 2.55. The number of hydrogen-bond donors (Lipinski definition) is 1. The predicted molar refractivity (Wildman–Crippen MR) is 71.4 cm³/mol. The first-order chi connectivity index (χ1) is 8.99. The van der Waals surface area contributed by atoms with Crippen molar-refractivity contribution >= 4 is 23.0 Å². The second-order valence-corrected chi connectivity index (χ2v) is 4.48. The van der Waals surface area contributed by atoms with E-state index in [4.69, 9.17) is 16.0 Å². The summed E-state index contributed by atoms with van der Waals surface area (Å²) in [6.45, 7) is 3.58. The van der Waals surface area contributed by atoms with Crippen LogP contribution in [0.4, 0.5) is 11.4 Å². The molecule has 0 bridgehead atoms. The van der Waals surface area contributed by atoms with Gasteiger partial charge in [-0.05, 0) is 26.0 Å². The van der Waals surface area contributed by atoms with Gasteiger partial charge >= 0.3 is 5.69 Å². The smallest absolute Gasteiger partial charge is 0.310 e. The van der Waals surface area contributed by atoms with Crippen molar-refractivity contribution in [2.45, 2.75) is 19.9 Å². The molecular formula is C12H12ClN3O3. The third-order valence-corrected chi connectivity index (χ3v) is 2.86. The summed E-state index contributed by atoms with van der Waals surface area (Å²) in [6, 6.07) is 4.41. The van der Waals surface area contributed by atoms with Crippen LogP contribution in [-0.2, 0) is 0 Å². The first-order valence-electron chi connectivity index (χ1n) is 5.61. The Hall–Kier alpha value is -2.08. The normalized spacial score (nSPS) is 12.2. The van der Waals surface area contributed by atoms with Crippen molar-refractivity contribution in [3.63, 3.8) is 0 Å². The molecule has 1 aromatic heterocycles. The lowest BCUT2D eigenvalue weighted by atomic mass is 10.2. The molecule has 19 heavy (non-hydrogen) atoms. The number of nitro groups is 1. The Morgan fingerprint density at radius 1 is 1.53 bits per heavy atom. The van der Waals surface area contributed by atoms with Gasteiger partial charge in [-0.15, -0.1) is 0 Å². The number of para-hydroxylation sites is 1. The van der Waals surface area contributed by atoms with Gasteiger partial charge in [0.1, 0.15) is 22.5 Å². The van der Waals surface area contributed by atoms with Gasteiger partial charge < -0.3 is 9.73 Å². The van der Waals surface area contributed by atoms with E-state index in [9.17, 15) is 10.1 Å². The standard InChI is InChI=1S/C12H12ClN3O3/c1-7-6-14-12(19-7)8(2)15-10-5-3-4-9(13)11(10)16(17)18/h3-6,8,15H,1-2H3. The fourth-order valence-corrected chi connectivity index (χ4v) is 1.93.